The molecule has 140 valence electrons. The number of aromatic nitrogens is 3. The minimum atomic E-state index is -0.527. The van der Waals surface area contributed by atoms with Gasteiger partial charge in [0.2, 0.25) is 6.54 Å². The normalized spacial score (nSPS) is 12.0. The first-order chi connectivity index (χ1) is 13.0. The van der Waals surface area contributed by atoms with E-state index in [0.29, 0.717) is 16.5 Å². The smallest absolute Gasteiger partial charge is 0.220 e. The van der Waals surface area contributed by atoms with Gasteiger partial charge in [-0.25, -0.2) is 4.39 Å². The highest BCUT2D eigenvalue weighted by Crippen LogP contribution is 2.36. The fourth-order valence-electron chi connectivity index (χ4n) is 2.60. The number of hydrogen-bond acceptors (Lipinski definition) is 6. The van der Waals surface area contributed by atoms with Gasteiger partial charge in [-0.15, -0.1) is 10.2 Å². The number of methoxy groups -OCH3 is 1. The van der Waals surface area contributed by atoms with Crippen LogP contribution in [0.1, 0.15) is 16.6 Å². The van der Waals surface area contributed by atoms with Gasteiger partial charge < -0.3 is 4.74 Å². The van der Waals surface area contributed by atoms with E-state index in [1.165, 1.54) is 23.9 Å². The molecule has 3 rings (SSSR count). The third-order valence-corrected chi connectivity index (χ3v) is 5.11. The summed E-state index contributed by atoms with van der Waals surface area (Å²) in [5.41, 5.74) is 1.47. The predicted octanol–water partition coefficient (Wildman–Crippen LogP) is 3.83. The Morgan fingerprint density at radius 1 is 1.19 bits per heavy atom. The largest absolute Gasteiger partial charge is 0.497 e. The summed E-state index contributed by atoms with van der Waals surface area (Å²) in [6.45, 7) is 1.49. The van der Waals surface area contributed by atoms with Crippen molar-refractivity contribution in [2.24, 2.45) is 0 Å². The molecule has 2 aromatic carbocycles. The lowest BCUT2D eigenvalue weighted by atomic mass is 10.1. The van der Waals surface area contributed by atoms with E-state index in [1.54, 1.807) is 19.2 Å². The molecule has 27 heavy (non-hydrogen) atoms. The second kappa shape index (κ2) is 8.17. The number of thioether (sulfide) groups is 1. The van der Waals surface area contributed by atoms with Gasteiger partial charge >= 0.3 is 0 Å². The number of ether oxygens (including phenoxy) is 1. The Bertz CT molecular complexity index is 929. The van der Waals surface area contributed by atoms with Gasteiger partial charge in [-0.2, -0.15) is 0 Å². The lowest BCUT2D eigenvalue weighted by Crippen LogP contribution is -2.11. The lowest BCUT2D eigenvalue weighted by Gasteiger charge is -2.14. The highest BCUT2D eigenvalue weighted by Gasteiger charge is 2.23. The molecular formula is C18H17FN4O3S. The number of benzene rings is 2. The zero-order valence-electron chi connectivity index (χ0n) is 14.7. The van der Waals surface area contributed by atoms with Crippen LogP contribution in [-0.2, 0) is 0 Å². The van der Waals surface area contributed by atoms with Crippen molar-refractivity contribution in [3.8, 4) is 11.4 Å². The van der Waals surface area contributed by atoms with Crippen molar-refractivity contribution in [2.45, 2.75) is 17.3 Å². The summed E-state index contributed by atoms with van der Waals surface area (Å²) < 4.78 is 20.2. The zero-order valence-corrected chi connectivity index (χ0v) is 15.5. The van der Waals surface area contributed by atoms with E-state index in [1.807, 2.05) is 35.8 Å². The van der Waals surface area contributed by atoms with Crippen LogP contribution in [0.15, 0.2) is 53.7 Å². The molecule has 0 amide bonds. The lowest BCUT2D eigenvalue weighted by molar-refractivity contribution is -0.479. The molecule has 0 radical (unpaired) electrons. The summed E-state index contributed by atoms with van der Waals surface area (Å²) in [6.07, 6.45) is 0. The number of halogens is 1. The molecule has 3 aromatic rings. The summed E-state index contributed by atoms with van der Waals surface area (Å²) in [6, 6.07) is 13.0. The van der Waals surface area contributed by atoms with E-state index < -0.39 is 5.25 Å². The molecule has 0 unspecified atom stereocenters. The first-order valence-corrected chi connectivity index (χ1v) is 8.96. The van der Waals surface area contributed by atoms with Gasteiger partial charge in [0.15, 0.2) is 5.16 Å². The van der Waals surface area contributed by atoms with Crippen LogP contribution in [0.3, 0.4) is 0 Å². The Morgan fingerprint density at radius 3 is 2.44 bits per heavy atom. The van der Waals surface area contributed by atoms with Crippen LogP contribution in [0.2, 0.25) is 0 Å². The van der Waals surface area contributed by atoms with Crippen LogP contribution >= 0.6 is 11.8 Å². The van der Waals surface area contributed by atoms with Gasteiger partial charge in [0.25, 0.3) is 0 Å². The van der Waals surface area contributed by atoms with Gasteiger partial charge in [0.05, 0.1) is 7.11 Å². The van der Waals surface area contributed by atoms with Gasteiger partial charge in [-0.05, 0) is 48.9 Å². The van der Waals surface area contributed by atoms with Gasteiger partial charge in [-0.3, -0.25) is 14.7 Å². The molecule has 1 aromatic heterocycles. The van der Waals surface area contributed by atoms with Crippen molar-refractivity contribution in [1.29, 1.82) is 0 Å². The molecule has 0 bridgehead atoms. The SMILES string of the molecule is COc1ccc(-n2c(C)nnc2S[C@@H](C[N+](=O)[O-])c2ccc(F)cc2)cc1. The predicted molar refractivity (Wildman–Crippen MR) is 99.5 cm³/mol. The molecular weight excluding hydrogens is 371 g/mol. The molecule has 0 fully saturated rings. The van der Waals surface area contributed by atoms with Crippen LogP contribution in [-0.4, -0.2) is 33.3 Å². The molecule has 1 atom stereocenters. The van der Waals surface area contributed by atoms with Crippen molar-refractivity contribution in [3.05, 3.63) is 75.9 Å². The average Bonchev–Trinajstić information content (AvgIpc) is 3.02. The maximum atomic E-state index is 13.2. The molecule has 0 saturated heterocycles. The molecule has 0 aliphatic rings. The minimum absolute atomic E-state index is 0.315. The fraction of sp³-hybridized carbons (Fsp3) is 0.222. The third-order valence-electron chi connectivity index (χ3n) is 3.93. The number of nitrogens with zero attached hydrogens (tertiary/aromatic N) is 4. The first kappa shape index (κ1) is 18.8. The van der Waals surface area contributed by atoms with E-state index >= 15 is 0 Å². The monoisotopic (exact) mass is 388 g/mol. The molecule has 0 spiro atoms. The number of aryl methyl sites for hydroxylation is 1. The van der Waals surface area contributed by atoms with Gasteiger partial charge in [-0.1, -0.05) is 23.9 Å². The average molecular weight is 388 g/mol. The Kier molecular flexibility index (Phi) is 5.70. The molecule has 0 aliphatic carbocycles. The van der Waals surface area contributed by atoms with Crippen molar-refractivity contribution < 1.29 is 14.1 Å². The molecule has 0 N–H and O–H groups in total. The maximum Gasteiger partial charge on any atom is 0.220 e. The minimum Gasteiger partial charge on any atom is -0.497 e. The number of nitro groups is 1. The van der Waals surface area contributed by atoms with Crippen LogP contribution < -0.4 is 4.74 Å². The van der Waals surface area contributed by atoms with Crippen LogP contribution in [0.25, 0.3) is 5.69 Å². The molecule has 0 saturated carbocycles. The highest BCUT2D eigenvalue weighted by molar-refractivity contribution is 7.99. The van der Waals surface area contributed by atoms with E-state index in [-0.39, 0.29) is 17.3 Å². The van der Waals surface area contributed by atoms with Crippen molar-refractivity contribution in [3.63, 3.8) is 0 Å². The maximum absolute atomic E-state index is 13.2. The third kappa shape index (κ3) is 4.43. The highest BCUT2D eigenvalue weighted by atomic mass is 32.2. The molecule has 0 aliphatic heterocycles. The van der Waals surface area contributed by atoms with Crippen LogP contribution in [0, 0.1) is 22.9 Å². The summed E-state index contributed by atoms with van der Waals surface area (Å²) >= 11 is 1.22. The van der Waals surface area contributed by atoms with E-state index in [2.05, 4.69) is 10.2 Å². The van der Waals surface area contributed by atoms with E-state index in [4.69, 9.17) is 4.74 Å². The topological polar surface area (TPSA) is 83.1 Å². The molecule has 9 heteroatoms. The summed E-state index contributed by atoms with van der Waals surface area (Å²) in [5, 5.41) is 19.4. The van der Waals surface area contributed by atoms with E-state index in [9.17, 15) is 14.5 Å². The standard InChI is InChI=1S/C18H17FN4O3S/c1-12-20-21-18(23(12)15-7-9-16(26-2)10-8-15)27-17(11-22(24)25)13-3-5-14(19)6-4-13/h3-10,17H,11H2,1-2H3/t17-/m0/s1. The summed E-state index contributed by atoms with van der Waals surface area (Å²) in [7, 11) is 1.59. The van der Waals surface area contributed by atoms with Gasteiger partial charge in [0, 0.05) is 10.6 Å². The Labute approximate surface area is 159 Å². The Balaban J connectivity index is 1.94. The second-order valence-electron chi connectivity index (χ2n) is 5.74. The van der Waals surface area contributed by atoms with E-state index in [0.717, 1.165) is 11.4 Å². The molecule has 1 heterocycles. The van der Waals surface area contributed by atoms with Crippen LogP contribution in [0.5, 0.6) is 5.75 Å². The fourth-order valence-corrected chi connectivity index (χ4v) is 3.77. The van der Waals surface area contributed by atoms with Crippen molar-refractivity contribution in [2.75, 3.05) is 13.7 Å². The summed E-state index contributed by atoms with van der Waals surface area (Å²) in [4.78, 5) is 10.7. The van der Waals surface area contributed by atoms with Crippen molar-refractivity contribution in [1.82, 2.24) is 14.8 Å². The number of hydrogen-bond donors (Lipinski definition) is 0. The molecule has 7 nitrogen and oxygen atoms in total. The number of rotatable bonds is 7. The quantitative estimate of drug-likeness (QED) is 0.347. The van der Waals surface area contributed by atoms with Crippen molar-refractivity contribution >= 4 is 11.8 Å². The zero-order chi connectivity index (χ0) is 19.4. The second-order valence-corrected chi connectivity index (χ2v) is 6.91. The Morgan fingerprint density at radius 2 is 1.85 bits per heavy atom. The van der Waals surface area contributed by atoms with Gasteiger partial charge in [0.1, 0.15) is 22.6 Å². The summed E-state index contributed by atoms with van der Waals surface area (Å²) in [5.74, 6) is 0.985. The first-order valence-electron chi connectivity index (χ1n) is 8.08. The Hall–Kier alpha value is -2.94. The van der Waals surface area contributed by atoms with Crippen LogP contribution in [0.4, 0.5) is 4.39 Å².